The molecule has 3 fully saturated rings. The molecule has 52 heavy (non-hydrogen) atoms. The van der Waals surface area contributed by atoms with Crippen molar-refractivity contribution in [2.24, 2.45) is 27.6 Å². The Morgan fingerprint density at radius 3 is 2.33 bits per heavy atom. The molecule has 7 atom stereocenters. The summed E-state index contributed by atoms with van der Waals surface area (Å²) in [5, 5.41) is 11.8. The Bertz CT molecular complexity index is 2240. The normalized spacial score (nSPS) is 33.7. The van der Waals surface area contributed by atoms with Gasteiger partial charge in [0.15, 0.2) is 28.6 Å². The molecule has 9 rings (SSSR count). The summed E-state index contributed by atoms with van der Waals surface area (Å²) >= 11 is 0. The fraction of sp³-hybridized carbons (Fsp3) is 0.419. The highest BCUT2D eigenvalue weighted by atomic mass is 16.6. The van der Waals surface area contributed by atoms with E-state index >= 15 is 0 Å². The number of Topliss-reactive ketones (excluding diaryl/α,β-unsaturated/α-hetero) is 1. The summed E-state index contributed by atoms with van der Waals surface area (Å²) in [7, 11) is 3.01. The lowest BCUT2D eigenvalue weighted by Crippen LogP contribution is -2.66. The second-order valence-electron chi connectivity index (χ2n) is 16.1. The van der Waals surface area contributed by atoms with E-state index in [1.807, 2.05) is 69.5 Å². The molecule has 2 aromatic heterocycles. The van der Waals surface area contributed by atoms with Crippen molar-refractivity contribution in [3.63, 3.8) is 0 Å². The highest BCUT2D eigenvalue weighted by Gasteiger charge is 2.87. The molecule has 2 saturated carbocycles. The molecule has 9 heteroatoms. The lowest BCUT2D eigenvalue weighted by molar-refractivity contribution is -0.162. The van der Waals surface area contributed by atoms with E-state index in [2.05, 4.69) is 13.8 Å². The van der Waals surface area contributed by atoms with Gasteiger partial charge in [0.2, 0.25) is 17.0 Å². The van der Waals surface area contributed by atoms with Crippen LogP contribution >= 0.6 is 0 Å². The van der Waals surface area contributed by atoms with E-state index in [9.17, 15) is 19.5 Å². The van der Waals surface area contributed by atoms with E-state index in [-0.39, 0.29) is 51.9 Å². The third kappa shape index (κ3) is 4.17. The average molecular weight is 705 g/mol. The Hall–Kier alpha value is -4.89. The molecule has 9 nitrogen and oxygen atoms in total. The number of carbonyl (C=O) groups excluding carboxylic acids is 2. The zero-order valence-corrected chi connectivity index (χ0v) is 30.6. The van der Waals surface area contributed by atoms with Crippen LogP contribution < -0.4 is 14.9 Å². The van der Waals surface area contributed by atoms with Gasteiger partial charge in [-0.05, 0) is 87.3 Å². The number of ether oxygens (including phenoxy) is 3. The van der Waals surface area contributed by atoms with E-state index in [0.717, 1.165) is 24.8 Å². The molecule has 4 aromatic rings. The molecule has 0 bridgehead atoms. The summed E-state index contributed by atoms with van der Waals surface area (Å²) in [6.45, 7) is 10.0. The van der Waals surface area contributed by atoms with E-state index in [1.54, 1.807) is 37.6 Å². The monoisotopic (exact) mass is 704 g/mol. The number of rotatable bonds is 4. The smallest absolute Gasteiger partial charge is 0.235 e. The molecule has 270 valence electrons. The van der Waals surface area contributed by atoms with Gasteiger partial charge in [-0.2, -0.15) is 0 Å². The summed E-state index contributed by atoms with van der Waals surface area (Å²) in [5.41, 5.74) is -0.413. The van der Waals surface area contributed by atoms with E-state index in [1.165, 1.54) is 12.7 Å². The lowest BCUT2D eigenvalue weighted by Gasteiger charge is -2.62. The molecule has 0 amide bonds. The Morgan fingerprint density at radius 1 is 0.904 bits per heavy atom. The van der Waals surface area contributed by atoms with Gasteiger partial charge in [-0.15, -0.1) is 0 Å². The zero-order chi connectivity index (χ0) is 37.0. The lowest BCUT2D eigenvalue weighted by atomic mass is 9.39. The van der Waals surface area contributed by atoms with Gasteiger partial charge in [0, 0.05) is 16.4 Å². The van der Waals surface area contributed by atoms with Crippen LogP contribution in [0.2, 0.25) is 0 Å². The number of aliphatic hydroxyl groups is 1. The van der Waals surface area contributed by atoms with Crippen LogP contribution in [0.4, 0.5) is 0 Å². The van der Waals surface area contributed by atoms with E-state index < -0.39 is 21.8 Å². The van der Waals surface area contributed by atoms with Crippen LogP contribution in [-0.4, -0.2) is 42.6 Å². The first kappa shape index (κ1) is 34.2. The SMILES string of the molecule is CC1(C)C(=O)C=CC2(C)C1=C(O)C(=O)C1(C)C2CCC2(C)C(c3ccoc3)CC3OC321.COc1c(-c2ccccc2)oc2c(OC)cccc2c1=O. The van der Waals surface area contributed by atoms with Crippen LogP contribution in [0.1, 0.15) is 65.4 Å². The molecule has 7 unspecified atom stereocenters. The number of ketones is 2. The number of allylic oxidation sites excluding steroid dienone is 4. The second kappa shape index (κ2) is 11.3. The predicted molar refractivity (Wildman–Crippen MR) is 194 cm³/mol. The summed E-state index contributed by atoms with van der Waals surface area (Å²) in [6, 6.07) is 16.6. The third-order valence-electron chi connectivity index (χ3n) is 13.5. The summed E-state index contributed by atoms with van der Waals surface area (Å²) < 4.78 is 28.3. The molecule has 1 saturated heterocycles. The van der Waals surface area contributed by atoms with Gasteiger partial charge in [0.25, 0.3) is 0 Å². The molecule has 5 aliphatic rings. The maximum absolute atomic E-state index is 14.0. The molecule has 4 aliphatic carbocycles. The van der Waals surface area contributed by atoms with Gasteiger partial charge in [-0.3, -0.25) is 14.4 Å². The highest BCUT2D eigenvalue weighted by Crippen LogP contribution is 2.81. The van der Waals surface area contributed by atoms with E-state index in [0.29, 0.717) is 28.1 Å². The number of methoxy groups -OCH3 is 2. The molecule has 0 radical (unpaired) electrons. The number of carbonyl (C=O) groups is 2. The minimum absolute atomic E-state index is 0.00527. The Kier molecular flexibility index (Phi) is 7.44. The Labute approximate surface area is 302 Å². The fourth-order valence-electron chi connectivity index (χ4n) is 11.1. The number of epoxide rings is 1. The van der Waals surface area contributed by atoms with Crippen LogP contribution in [0.5, 0.6) is 11.5 Å². The topological polar surface area (TPSA) is 129 Å². The van der Waals surface area contributed by atoms with Crippen molar-refractivity contribution >= 4 is 22.5 Å². The van der Waals surface area contributed by atoms with Crippen molar-refractivity contribution in [2.45, 2.75) is 71.5 Å². The van der Waals surface area contributed by atoms with Gasteiger partial charge in [-0.1, -0.05) is 56.3 Å². The minimum Gasteiger partial charge on any atom is -0.504 e. The minimum atomic E-state index is -0.901. The molecular weight excluding hydrogens is 660 g/mol. The summed E-state index contributed by atoms with van der Waals surface area (Å²) in [4.78, 5) is 39.3. The first-order chi connectivity index (χ1) is 24.7. The van der Waals surface area contributed by atoms with Gasteiger partial charge in [-0.25, -0.2) is 0 Å². The quantitative estimate of drug-likeness (QED) is 0.208. The van der Waals surface area contributed by atoms with Gasteiger partial charge >= 0.3 is 0 Å². The van der Waals surface area contributed by atoms with Crippen LogP contribution in [-0.2, 0) is 14.3 Å². The third-order valence-corrected chi connectivity index (χ3v) is 13.5. The average Bonchev–Trinajstić information content (AvgIpc) is 3.49. The molecule has 3 heterocycles. The zero-order valence-electron chi connectivity index (χ0n) is 30.6. The molecule has 2 aromatic carbocycles. The van der Waals surface area contributed by atoms with Crippen molar-refractivity contribution < 1.29 is 37.7 Å². The standard InChI is InChI=1S/C26H30O5.C17H14O4/c1-22(2)17(27)7-9-23(3)16-6-10-24(4)15(14-8-11-30-13-14)12-18-26(24,31-18)25(16,5)21(29)19(28)20(22)23;1-19-13-10-6-9-12-14(18)17(20-2)15(21-16(12)13)11-7-4-3-5-8-11/h7-9,11,13,15-16,18,28H,6,10,12H2,1-5H3;3-10H,1-2H3. The number of aliphatic hydroxyl groups excluding tert-OH is 1. The largest absolute Gasteiger partial charge is 0.504 e. The number of benzene rings is 2. The summed E-state index contributed by atoms with van der Waals surface area (Å²) in [5.74, 6) is 0.805. The first-order valence-corrected chi connectivity index (χ1v) is 17.9. The van der Waals surface area contributed by atoms with Crippen molar-refractivity contribution in [3.05, 3.63) is 106 Å². The number of hydrogen-bond donors (Lipinski definition) is 1. The van der Waals surface area contributed by atoms with Gasteiger partial charge in [0.05, 0.1) is 49.1 Å². The maximum Gasteiger partial charge on any atom is 0.235 e. The first-order valence-electron chi connectivity index (χ1n) is 17.9. The van der Waals surface area contributed by atoms with Crippen LogP contribution in [0, 0.1) is 27.6 Å². The van der Waals surface area contributed by atoms with Crippen LogP contribution in [0.25, 0.3) is 22.3 Å². The van der Waals surface area contributed by atoms with Crippen LogP contribution in [0.3, 0.4) is 0 Å². The molecule has 1 aliphatic heterocycles. The van der Waals surface area contributed by atoms with Crippen LogP contribution in [0.15, 0.2) is 104 Å². The number of furan rings is 1. The molecule has 1 spiro atoms. The molecule has 1 N–H and O–H groups in total. The van der Waals surface area contributed by atoms with Crippen molar-refractivity contribution in [3.8, 4) is 22.8 Å². The van der Waals surface area contributed by atoms with Gasteiger partial charge in [0.1, 0.15) is 5.60 Å². The van der Waals surface area contributed by atoms with Gasteiger partial charge < -0.3 is 28.2 Å². The highest BCUT2D eigenvalue weighted by molar-refractivity contribution is 6.06. The van der Waals surface area contributed by atoms with Crippen molar-refractivity contribution in [1.29, 1.82) is 0 Å². The second-order valence-corrected chi connectivity index (χ2v) is 16.1. The number of hydrogen-bond acceptors (Lipinski definition) is 9. The number of para-hydroxylation sites is 1. The summed E-state index contributed by atoms with van der Waals surface area (Å²) in [6.07, 6.45) is 9.76. The number of fused-ring (bicyclic) bond motifs is 4. The fourth-order valence-corrected chi connectivity index (χ4v) is 11.1. The Morgan fingerprint density at radius 2 is 1.65 bits per heavy atom. The Balaban J connectivity index is 0.000000161. The van der Waals surface area contributed by atoms with Crippen molar-refractivity contribution in [1.82, 2.24) is 0 Å². The molecular formula is C43H44O9. The van der Waals surface area contributed by atoms with E-state index in [4.69, 9.17) is 23.0 Å². The predicted octanol–water partition coefficient (Wildman–Crippen LogP) is 8.37. The maximum atomic E-state index is 14.0. The van der Waals surface area contributed by atoms with Crippen molar-refractivity contribution in [2.75, 3.05) is 14.2 Å².